The SMILES string of the molecule is COC(=O)c1cncc(O)c1.Cl. The Kier molecular flexibility index (Phi) is 4.07. The van der Waals surface area contributed by atoms with E-state index in [9.17, 15) is 4.79 Å². The summed E-state index contributed by atoms with van der Waals surface area (Å²) in [7, 11) is 1.27. The average Bonchev–Trinajstić information content (AvgIpc) is 2.03. The van der Waals surface area contributed by atoms with Crippen molar-refractivity contribution in [2.24, 2.45) is 0 Å². The summed E-state index contributed by atoms with van der Waals surface area (Å²) in [4.78, 5) is 14.4. The van der Waals surface area contributed by atoms with E-state index in [4.69, 9.17) is 5.11 Å². The monoisotopic (exact) mass is 189 g/mol. The van der Waals surface area contributed by atoms with Gasteiger partial charge in [-0.15, -0.1) is 12.4 Å². The van der Waals surface area contributed by atoms with Crippen LogP contribution in [0.4, 0.5) is 0 Å². The first-order chi connectivity index (χ1) is 5.24. The van der Waals surface area contributed by atoms with Crippen LogP contribution < -0.4 is 0 Å². The second-order valence-corrected chi connectivity index (χ2v) is 1.92. The third kappa shape index (κ3) is 2.39. The minimum atomic E-state index is -0.506. The van der Waals surface area contributed by atoms with Gasteiger partial charge in [0.2, 0.25) is 0 Å². The predicted octanol–water partition coefficient (Wildman–Crippen LogP) is 0.996. The summed E-state index contributed by atoms with van der Waals surface area (Å²) in [5.74, 6) is -0.554. The third-order valence-corrected chi connectivity index (χ3v) is 1.14. The molecule has 1 N–H and O–H groups in total. The Morgan fingerprint density at radius 1 is 1.58 bits per heavy atom. The van der Waals surface area contributed by atoms with Gasteiger partial charge in [-0.05, 0) is 6.07 Å². The Morgan fingerprint density at radius 2 is 2.25 bits per heavy atom. The van der Waals surface area contributed by atoms with Crippen LogP contribution in [-0.4, -0.2) is 23.2 Å². The summed E-state index contributed by atoms with van der Waals surface area (Å²) in [6, 6.07) is 1.29. The molecule has 0 bridgehead atoms. The summed E-state index contributed by atoms with van der Waals surface area (Å²) < 4.78 is 4.40. The molecule has 0 aliphatic heterocycles. The van der Waals surface area contributed by atoms with E-state index in [1.165, 1.54) is 25.6 Å². The van der Waals surface area contributed by atoms with Crippen LogP contribution >= 0.6 is 12.4 Å². The van der Waals surface area contributed by atoms with Gasteiger partial charge >= 0.3 is 5.97 Å². The number of aromatic hydroxyl groups is 1. The number of carbonyl (C=O) groups excluding carboxylic acids is 1. The first kappa shape index (κ1) is 10.7. The van der Waals surface area contributed by atoms with Crippen LogP contribution in [0, 0.1) is 0 Å². The van der Waals surface area contributed by atoms with E-state index in [0.717, 1.165) is 0 Å². The molecule has 1 aromatic heterocycles. The number of aromatic nitrogens is 1. The van der Waals surface area contributed by atoms with Crippen molar-refractivity contribution >= 4 is 18.4 Å². The quantitative estimate of drug-likeness (QED) is 0.670. The van der Waals surface area contributed by atoms with E-state index in [2.05, 4.69) is 9.72 Å². The fourth-order valence-electron chi connectivity index (χ4n) is 0.657. The highest BCUT2D eigenvalue weighted by Crippen LogP contribution is 2.08. The van der Waals surface area contributed by atoms with Gasteiger partial charge in [0.05, 0.1) is 18.9 Å². The molecule has 0 saturated carbocycles. The molecule has 0 amide bonds. The molecule has 0 radical (unpaired) electrons. The van der Waals surface area contributed by atoms with E-state index in [-0.39, 0.29) is 23.7 Å². The molecule has 1 rings (SSSR count). The van der Waals surface area contributed by atoms with Crippen molar-refractivity contribution in [2.75, 3.05) is 7.11 Å². The highest BCUT2D eigenvalue weighted by Gasteiger charge is 2.04. The van der Waals surface area contributed by atoms with E-state index < -0.39 is 5.97 Å². The molecule has 4 nitrogen and oxygen atoms in total. The molecular formula is C7H8ClNO3. The summed E-state index contributed by atoms with van der Waals surface area (Å²) >= 11 is 0. The molecule has 0 atom stereocenters. The highest BCUT2D eigenvalue weighted by molar-refractivity contribution is 5.89. The number of esters is 1. The van der Waals surface area contributed by atoms with Gasteiger partial charge in [0.25, 0.3) is 0 Å². The molecule has 0 aliphatic carbocycles. The van der Waals surface area contributed by atoms with Gasteiger partial charge in [-0.2, -0.15) is 0 Å². The summed E-state index contributed by atoms with van der Waals surface area (Å²) in [6.45, 7) is 0. The maximum atomic E-state index is 10.8. The summed E-state index contributed by atoms with van der Waals surface area (Å²) in [5, 5.41) is 8.89. The lowest BCUT2D eigenvalue weighted by Crippen LogP contribution is -2.00. The van der Waals surface area contributed by atoms with Crippen molar-refractivity contribution in [2.45, 2.75) is 0 Å². The maximum absolute atomic E-state index is 10.8. The van der Waals surface area contributed by atoms with Gasteiger partial charge in [-0.3, -0.25) is 4.98 Å². The van der Waals surface area contributed by atoms with Crippen LogP contribution in [0.2, 0.25) is 0 Å². The largest absolute Gasteiger partial charge is 0.506 e. The zero-order chi connectivity index (χ0) is 8.27. The molecule has 0 unspecified atom stereocenters. The predicted molar refractivity (Wildman–Crippen MR) is 44.5 cm³/mol. The molecule has 66 valence electrons. The number of halogens is 1. The van der Waals surface area contributed by atoms with Gasteiger partial charge < -0.3 is 9.84 Å². The third-order valence-electron chi connectivity index (χ3n) is 1.14. The molecule has 1 aromatic rings. The van der Waals surface area contributed by atoms with E-state index >= 15 is 0 Å². The fraction of sp³-hybridized carbons (Fsp3) is 0.143. The standard InChI is InChI=1S/C7H7NO3.ClH/c1-11-7(10)5-2-6(9)4-8-3-5;/h2-4,9H,1H3;1H. The number of nitrogens with zero attached hydrogens (tertiary/aromatic N) is 1. The number of methoxy groups -OCH3 is 1. The second kappa shape index (κ2) is 4.56. The number of rotatable bonds is 1. The van der Waals surface area contributed by atoms with Gasteiger partial charge in [0.1, 0.15) is 5.75 Å². The molecular weight excluding hydrogens is 182 g/mol. The average molecular weight is 190 g/mol. The lowest BCUT2D eigenvalue weighted by Gasteiger charge is -1.97. The smallest absolute Gasteiger partial charge is 0.339 e. The zero-order valence-corrected chi connectivity index (χ0v) is 7.17. The maximum Gasteiger partial charge on any atom is 0.339 e. The molecule has 0 aromatic carbocycles. The molecule has 0 fully saturated rings. The molecule has 12 heavy (non-hydrogen) atoms. The van der Waals surface area contributed by atoms with Crippen molar-refractivity contribution in [3.63, 3.8) is 0 Å². The molecule has 0 saturated heterocycles. The molecule has 0 spiro atoms. The Labute approximate surface area is 75.6 Å². The second-order valence-electron chi connectivity index (χ2n) is 1.92. The summed E-state index contributed by atoms with van der Waals surface area (Å²) in [5.41, 5.74) is 0.243. The number of carbonyl (C=O) groups is 1. The van der Waals surface area contributed by atoms with Crippen LogP contribution in [0.5, 0.6) is 5.75 Å². The van der Waals surface area contributed by atoms with Crippen LogP contribution in [0.25, 0.3) is 0 Å². The zero-order valence-electron chi connectivity index (χ0n) is 6.35. The van der Waals surface area contributed by atoms with Gasteiger partial charge in [-0.25, -0.2) is 4.79 Å². The van der Waals surface area contributed by atoms with Crippen molar-refractivity contribution in [1.82, 2.24) is 4.98 Å². The number of hydrogen-bond donors (Lipinski definition) is 1. The lowest BCUT2D eigenvalue weighted by atomic mass is 10.3. The number of ether oxygens (including phenoxy) is 1. The van der Waals surface area contributed by atoms with E-state index in [1.807, 2.05) is 0 Å². The Hall–Kier alpha value is -1.29. The first-order valence-electron chi connectivity index (χ1n) is 2.96. The van der Waals surface area contributed by atoms with Crippen molar-refractivity contribution in [3.8, 4) is 5.75 Å². The minimum absolute atomic E-state index is 0. The topological polar surface area (TPSA) is 59.4 Å². The molecule has 5 heteroatoms. The Bertz CT molecular complexity index is 277. The van der Waals surface area contributed by atoms with E-state index in [1.54, 1.807) is 0 Å². The molecule has 1 heterocycles. The van der Waals surface area contributed by atoms with Crippen LogP contribution in [0.3, 0.4) is 0 Å². The van der Waals surface area contributed by atoms with Crippen LogP contribution in [0.15, 0.2) is 18.5 Å². The molecule has 0 aliphatic rings. The van der Waals surface area contributed by atoms with Crippen molar-refractivity contribution in [3.05, 3.63) is 24.0 Å². The Morgan fingerprint density at radius 3 is 2.75 bits per heavy atom. The van der Waals surface area contributed by atoms with Gasteiger partial charge in [0.15, 0.2) is 0 Å². The van der Waals surface area contributed by atoms with Crippen LogP contribution in [0.1, 0.15) is 10.4 Å². The number of hydrogen-bond acceptors (Lipinski definition) is 4. The highest BCUT2D eigenvalue weighted by atomic mass is 35.5. The number of pyridine rings is 1. The summed E-state index contributed by atoms with van der Waals surface area (Å²) in [6.07, 6.45) is 2.57. The van der Waals surface area contributed by atoms with Gasteiger partial charge in [0, 0.05) is 6.20 Å². The Balaban J connectivity index is 0.00000121. The minimum Gasteiger partial charge on any atom is -0.506 e. The first-order valence-corrected chi connectivity index (χ1v) is 2.96. The van der Waals surface area contributed by atoms with Gasteiger partial charge in [-0.1, -0.05) is 0 Å². The fourth-order valence-corrected chi connectivity index (χ4v) is 0.657. The van der Waals surface area contributed by atoms with Crippen LogP contribution in [-0.2, 0) is 4.74 Å². The van der Waals surface area contributed by atoms with Crippen molar-refractivity contribution < 1.29 is 14.6 Å². The normalized spacial score (nSPS) is 8.42. The lowest BCUT2D eigenvalue weighted by molar-refractivity contribution is 0.0600. The van der Waals surface area contributed by atoms with E-state index in [0.29, 0.717) is 0 Å². The van der Waals surface area contributed by atoms with Crippen molar-refractivity contribution in [1.29, 1.82) is 0 Å².